The summed E-state index contributed by atoms with van der Waals surface area (Å²) >= 11 is 0. The van der Waals surface area contributed by atoms with Crippen LogP contribution in [-0.2, 0) is 11.3 Å². The Kier molecular flexibility index (Phi) is 6.41. The van der Waals surface area contributed by atoms with Gasteiger partial charge in [-0.3, -0.25) is 4.79 Å². The standard InChI is InChI=1S/C20H20O2/c1-17(21)20-13-11-18(12-14-20)8-6-3-7-15-22-16-19-9-4-2-5-10-19/h2,4-5,9-14H,3,7,15-16H2,1H3. The van der Waals surface area contributed by atoms with Crippen LogP contribution in [0.2, 0.25) is 0 Å². The van der Waals surface area contributed by atoms with Gasteiger partial charge in [-0.2, -0.15) is 0 Å². The minimum Gasteiger partial charge on any atom is -0.377 e. The fourth-order valence-electron chi connectivity index (χ4n) is 1.98. The van der Waals surface area contributed by atoms with Crippen molar-refractivity contribution in [1.29, 1.82) is 0 Å². The number of ketones is 1. The maximum Gasteiger partial charge on any atom is 0.159 e. The third kappa shape index (κ3) is 5.55. The summed E-state index contributed by atoms with van der Waals surface area (Å²) in [5.74, 6) is 6.32. The van der Waals surface area contributed by atoms with Crippen LogP contribution in [-0.4, -0.2) is 12.4 Å². The van der Waals surface area contributed by atoms with Gasteiger partial charge in [0.15, 0.2) is 5.78 Å². The molecule has 0 aromatic heterocycles. The molecular weight excluding hydrogens is 272 g/mol. The van der Waals surface area contributed by atoms with Crippen LogP contribution in [0.4, 0.5) is 0 Å². The van der Waals surface area contributed by atoms with E-state index in [0.29, 0.717) is 13.2 Å². The number of carbonyl (C=O) groups is 1. The molecule has 0 saturated heterocycles. The van der Waals surface area contributed by atoms with E-state index in [1.165, 1.54) is 5.56 Å². The summed E-state index contributed by atoms with van der Waals surface area (Å²) in [6, 6.07) is 17.6. The molecule has 0 amide bonds. The first-order valence-corrected chi connectivity index (χ1v) is 7.47. The Morgan fingerprint density at radius 1 is 1.05 bits per heavy atom. The highest BCUT2D eigenvalue weighted by Crippen LogP contribution is 2.04. The fraction of sp³-hybridized carbons (Fsp3) is 0.250. The number of unbranched alkanes of at least 4 members (excludes halogenated alkanes) is 1. The van der Waals surface area contributed by atoms with E-state index in [1.54, 1.807) is 6.92 Å². The fourth-order valence-corrected chi connectivity index (χ4v) is 1.98. The van der Waals surface area contributed by atoms with Gasteiger partial charge in [0.1, 0.15) is 0 Å². The second-order valence-electron chi connectivity index (χ2n) is 5.08. The van der Waals surface area contributed by atoms with Crippen LogP contribution < -0.4 is 0 Å². The maximum atomic E-state index is 11.2. The molecule has 0 saturated carbocycles. The van der Waals surface area contributed by atoms with Crippen molar-refractivity contribution in [3.05, 3.63) is 71.3 Å². The van der Waals surface area contributed by atoms with Gasteiger partial charge in [0.2, 0.25) is 0 Å². The molecule has 2 aromatic carbocycles. The zero-order chi connectivity index (χ0) is 15.6. The summed E-state index contributed by atoms with van der Waals surface area (Å²) < 4.78 is 5.61. The second-order valence-corrected chi connectivity index (χ2v) is 5.08. The lowest BCUT2D eigenvalue weighted by Gasteiger charge is -2.02. The van der Waals surface area contributed by atoms with Gasteiger partial charge in [0.25, 0.3) is 0 Å². The largest absolute Gasteiger partial charge is 0.377 e. The van der Waals surface area contributed by atoms with Gasteiger partial charge in [0.05, 0.1) is 6.61 Å². The molecule has 2 rings (SSSR count). The number of Topliss-reactive ketones (excluding diaryl/α,β-unsaturated/α-hetero) is 1. The van der Waals surface area contributed by atoms with Gasteiger partial charge in [-0.15, -0.1) is 0 Å². The monoisotopic (exact) mass is 292 g/mol. The molecule has 0 radical (unpaired) electrons. The first kappa shape index (κ1) is 16.0. The summed E-state index contributed by atoms with van der Waals surface area (Å²) in [7, 11) is 0. The Balaban J connectivity index is 1.65. The summed E-state index contributed by atoms with van der Waals surface area (Å²) in [6.07, 6.45) is 1.73. The molecule has 0 aliphatic rings. The number of carbonyl (C=O) groups excluding carboxylic acids is 1. The number of benzene rings is 2. The Labute approximate surface area is 132 Å². The highest BCUT2D eigenvalue weighted by Gasteiger charge is 1.96. The number of hydrogen-bond donors (Lipinski definition) is 0. The van der Waals surface area contributed by atoms with Crippen LogP contribution >= 0.6 is 0 Å². The summed E-state index contributed by atoms with van der Waals surface area (Å²) in [4.78, 5) is 11.2. The maximum absolute atomic E-state index is 11.2. The highest BCUT2D eigenvalue weighted by molar-refractivity contribution is 5.94. The quantitative estimate of drug-likeness (QED) is 0.452. The Bertz CT molecular complexity index is 646. The molecule has 22 heavy (non-hydrogen) atoms. The number of ether oxygens (including phenoxy) is 1. The van der Waals surface area contributed by atoms with E-state index in [4.69, 9.17) is 4.74 Å². The van der Waals surface area contributed by atoms with E-state index < -0.39 is 0 Å². The average Bonchev–Trinajstić information content (AvgIpc) is 2.55. The first-order valence-electron chi connectivity index (χ1n) is 7.47. The van der Waals surface area contributed by atoms with Gasteiger partial charge in [0, 0.05) is 24.2 Å². The minimum atomic E-state index is 0.0788. The van der Waals surface area contributed by atoms with Crippen molar-refractivity contribution in [2.75, 3.05) is 6.61 Å². The Morgan fingerprint density at radius 2 is 1.77 bits per heavy atom. The van der Waals surface area contributed by atoms with E-state index in [9.17, 15) is 4.79 Å². The molecule has 0 spiro atoms. The van der Waals surface area contributed by atoms with Gasteiger partial charge >= 0.3 is 0 Å². The minimum absolute atomic E-state index is 0.0788. The van der Waals surface area contributed by atoms with Gasteiger partial charge < -0.3 is 4.74 Å². The Hall–Kier alpha value is -2.37. The van der Waals surface area contributed by atoms with Crippen LogP contribution in [0.15, 0.2) is 54.6 Å². The lowest BCUT2D eigenvalue weighted by molar-refractivity contribution is 0.101. The molecule has 0 unspecified atom stereocenters. The summed E-state index contributed by atoms with van der Waals surface area (Å²) in [5.41, 5.74) is 2.86. The van der Waals surface area contributed by atoms with Crippen molar-refractivity contribution in [2.24, 2.45) is 0 Å². The molecule has 0 N–H and O–H groups in total. The van der Waals surface area contributed by atoms with E-state index in [2.05, 4.69) is 24.0 Å². The summed E-state index contributed by atoms with van der Waals surface area (Å²) in [5, 5.41) is 0. The molecule has 0 aliphatic heterocycles. The van der Waals surface area contributed by atoms with Crippen molar-refractivity contribution >= 4 is 5.78 Å². The molecule has 2 heteroatoms. The molecule has 0 heterocycles. The topological polar surface area (TPSA) is 26.3 Å². The van der Waals surface area contributed by atoms with Crippen molar-refractivity contribution in [3.63, 3.8) is 0 Å². The highest BCUT2D eigenvalue weighted by atomic mass is 16.5. The van der Waals surface area contributed by atoms with Crippen molar-refractivity contribution in [2.45, 2.75) is 26.4 Å². The predicted octanol–water partition coefficient (Wildman–Crippen LogP) is 4.24. The van der Waals surface area contributed by atoms with Crippen LogP contribution in [0.25, 0.3) is 0 Å². The van der Waals surface area contributed by atoms with Crippen LogP contribution in [0.3, 0.4) is 0 Å². The molecule has 0 fully saturated rings. The molecule has 0 atom stereocenters. The SMILES string of the molecule is CC(=O)c1ccc(C#CCCCOCc2ccccc2)cc1. The van der Waals surface area contributed by atoms with E-state index in [1.807, 2.05) is 42.5 Å². The Morgan fingerprint density at radius 3 is 2.45 bits per heavy atom. The van der Waals surface area contributed by atoms with Crippen LogP contribution in [0, 0.1) is 11.8 Å². The molecule has 0 bridgehead atoms. The molecule has 112 valence electrons. The molecule has 0 aliphatic carbocycles. The van der Waals surface area contributed by atoms with Gasteiger partial charge in [-0.1, -0.05) is 54.3 Å². The van der Waals surface area contributed by atoms with Crippen LogP contribution in [0.1, 0.15) is 41.3 Å². The normalized spacial score (nSPS) is 9.86. The molecular formula is C20H20O2. The first-order chi connectivity index (χ1) is 10.8. The second kappa shape index (κ2) is 8.81. The molecule has 2 nitrogen and oxygen atoms in total. The number of hydrogen-bond acceptors (Lipinski definition) is 2. The van der Waals surface area contributed by atoms with Crippen molar-refractivity contribution < 1.29 is 9.53 Å². The van der Waals surface area contributed by atoms with E-state index >= 15 is 0 Å². The third-order valence-corrected chi connectivity index (χ3v) is 3.23. The zero-order valence-electron chi connectivity index (χ0n) is 12.8. The molecule has 2 aromatic rings. The van der Waals surface area contributed by atoms with Gasteiger partial charge in [-0.25, -0.2) is 0 Å². The van der Waals surface area contributed by atoms with Crippen LogP contribution in [0.5, 0.6) is 0 Å². The lowest BCUT2D eigenvalue weighted by Crippen LogP contribution is -1.94. The smallest absolute Gasteiger partial charge is 0.159 e. The average molecular weight is 292 g/mol. The van der Waals surface area contributed by atoms with Crippen molar-refractivity contribution in [1.82, 2.24) is 0 Å². The zero-order valence-corrected chi connectivity index (χ0v) is 12.8. The van der Waals surface area contributed by atoms with Crippen molar-refractivity contribution in [3.8, 4) is 11.8 Å². The number of rotatable bonds is 6. The van der Waals surface area contributed by atoms with Gasteiger partial charge in [-0.05, 0) is 31.0 Å². The lowest BCUT2D eigenvalue weighted by atomic mass is 10.1. The predicted molar refractivity (Wildman–Crippen MR) is 88.7 cm³/mol. The van der Waals surface area contributed by atoms with E-state index in [-0.39, 0.29) is 5.78 Å². The summed E-state index contributed by atoms with van der Waals surface area (Å²) in [6.45, 7) is 2.93. The van der Waals surface area contributed by atoms with E-state index in [0.717, 1.165) is 24.0 Å². The third-order valence-electron chi connectivity index (χ3n) is 3.23.